The molecule has 0 fully saturated rings. The number of nitrogens with one attached hydrogen (secondary N) is 1. The van der Waals surface area contributed by atoms with Crippen molar-refractivity contribution in [3.63, 3.8) is 0 Å². The van der Waals surface area contributed by atoms with Gasteiger partial charge in [0.25, 0.3) is 0 Å². The number of rotatable bonds is 1. The second kappa shape index (κ2) is 3.42. The Balaban J connectivity index is 2.47. The van der Waals surface area contributed by atoms with Crippen LogP contribution in [0.1, 0.15) is 30.1 Å². The fourth-order valence-electron chi connectivity index (χ4n) is 2.01. The summed E-state index contributed by atoms with van der Waals surface area (Å²) in [5.41, 5.74) is 2.61. The lowest BCUT2D eigenvalue weighted by Gasteiger charge is -2.21. The number of aromatic nitrogens is 2. The summed E-state index contributed by atoms with van der Waals surface area (Å²) in [6.07, 6.45) is 3.57. The first kappa shape index (κ1) is 9.21. The molecule has 0 saturated carbocycles. The third-order valence-corrected chi connectivity index (χ3v) is 3.63. The molecule has 0 radical (unpaired) electrons. The maximum atomic E-state index is 4.48. The zero-order chi connectivity index (χ0) is 9.42. The molecule has 1 aliphatic rings. The molecule has 0 bridgehead atoms. The molecule has 1 heterocycles. The molecule has 4 heteroatoms. The van der Waals surface area contributed by atoms with Gasteiger partial charge in [-0.15, -0.1) is 0 Å². The van der Waals surface area contributed by atoms with Crippen LogP contribution >= 0.6 is 15.9 Å². The molecule has 72 valence electrons. The first-order valence-electron chi connectivity index (χ1n) is 4.62. The van der Waals surface area contributed by atoms with Crippen molar-refractivity contribution in [2.24, 2.45) is 7.05 Å². The maximum Gasteiger partial charge on any atom is 0.108 e. The Morgan fingerprint density at radius 2 is 2.38 bits per heavy atom. The van der Waals surface area contributed by atoms with E-state index in [0.717, 1.165) is 11.0 Å². The highest BCUT2D eigenvalue weighted by Crippen LogP contribution is 2.34. The van der Waals surface area contributed by atoms with Crippen LogP contribution in [0.4, 0.5) is 0 Å². The van der Waals surface area contributed by atoms with E-state index in [0.29, 0.717) is 6.04 Å². The molecule has 2 rings (SSSR count). The van der Waals surface area contributed by atoms with Gasteiger partial charge in [-0.25, -0.2) is 0 Å². The average Bonchev–Trinajstić information content (AvgIpc) is 2.43. The van der Waals surface area contributed by atoms with E-state index >= 15 is 0 Å². The molecule has 1 unspecified atom stereocenters. The van der Waals surface area contributed by atoms with Crippen molar-refractivity contribution in [1.82, 2.24) is 15.1 Å². The zero-order valence-electron chi connectivity index (χ0n) is 7.97. The predicted octanol–water partition coefficient (Wildman–Crippen LogP) is 1.78. The van der Waals surface area contributed by atoms with E-state index in [2.05, 4.69) is 26.3 Å². The van der Waals surface area contributed by atoms with Crippen LogP contribution in [0, 0.1) is 0 Å². The molecule has 1 aromatic rings. The van der Waals surface area contributed by atoms with Crippen molar-refractivity contribution >= 4 is 15.9 Å². The summed E-state index contributed by atoms with van der Waals surface area (Å²) in [4.78, 5) is 0. The lowest BCUT2D eigenvalue weighted by molar-refractivity contribution is 0.493. The molecule has 1 aliphatic carbocycles. The van der Waals surface area contributed by atoms with E-state index in [1.165, 1.54) is 24.1 Å². The molecule has 1 atom stereocenters. The SMILES string of the molecule is CNC1CCCc2nn(C)c(Br)c21. The van der Waals surface area contributed by atoms with Crippen LogP contribution in [0.2, 0.25) is 0 Å². The van der Waals surface area contributed by atoms with Crippen LogP contribution in [0.3, 0.4) is 0 Å². The minimum absolute atomic E-state index is 0.479. The predicted molar refractivity (Wildman–Crippen MR) is 55.6 cm³/mol. The Kier molecular flexibility index (Phi) is 2.43. The molecule has 0 amide bonds. The lowest BCUT2D eigenvalue weighted by Crippen LogP contribution is -2.21. The first-order valence-corrected chi connectivity index (χ1v) is 5.42. The fraction of sp³-hybridized carbons (Fsp3) is 0.667. The van der Waals surface area contributed by atoms with Crippen molar-refractivity contribution in [3.05, 3.63) is 15.9 Å². The number of hydrogen-bond acceptors (Lipinski definition) is 2. The minimum atomic E-state index is 0.479. The fourth-order valence-corrected chi connectivity index (χ4v) is 2.59. The van der Waals surface area contributed by atoms with E-state index in [-0.39, 0.29) is 0 Å². The van der Waals surface area contributed by atoms with Crippen LogP contribution in [-0.4, -0.2) is 16.8 Å². The van der Waals surface area contributed by atoms with Gasteiger partial charge in [0.1, 0.15) is 4.60 Å². The van der Waals surface area contributed by atoms with Gasteiger partial charge < -0.3 is 5.32 Å². The minimum Gasteiger partial charge on any atom is -0.313 e. The van der Waals surface area contributed by atoms with Gasteiger partial charge in [-0.3, -0.25) is 4.68 Å². The summed E-state index contributed by atoms with van der Waals surface area (Å²) in [6, 6.07) is 0.479. The molecule has 0 aromatic carbocycles. The van der Waals surface area contributed by atoms with E-state index in [1.807, 2.05) is 18.8 Å². The summed E-state index contributed by atoms with van der Waals surface area (Å²) >= 11 is 3.58. The largest absolute Gasteiger partial charge is 0.313 e. The Labute approximate surface area is 86.6 Å². The molecule has 0 saturated heterocycles. The lowest BCUT2D eigenvalue weighted by atomic mass is 9.93. The van der Waals surface area contributed by atoms with Gasteiger partial charge in [0, 0.05) is 18.7 Å². The van der Waals surface area contributed by atoms with Crippen LogP contribution in [-0.2, 0) is 13.5 Å². The first-order chi connectivity index (χ1) is 6.24. The molecule has 13 heavy (non-hydrogen) atoms. The van der Waals surface area contributed by atoms with Crippen LogP contribution in [0.25, 0.3) is 0 Å². The Hall–Kier alpha value is -0.350. The van der Waals surface area contributed by atoms with Gasteiger partial charge >= 0.3 is 0 Å². The quantitative estimate of drug-likeness (QED) is 0.816. The van der Waals surface area contributed by atoms with Crippen molar-refractivity contribution < 1.29 is 0 Å². The summed E-state index contributed by atoms with van der Waals surface area (Å²) < 4.78 is 3.04. The number of nitrogens with zero attached hydrogens (tertiary/aromatic N) is 2. The second-order valence-electron chi connectivity index (χ2n) is 3.51. The van der Waals surface area contributed by atoms with E-state index in [9.17, 15) is 0 Å². The number of halogens is 1. The summed E-state index contributed by atoms with van der Waals surface area (Å²) in [5.74, 6) is 0. The molecule has 1 N–H and O–H groups in total. The molecule has 1 aromatic heterocycles. The summed E-state index contributed by atoms with van der Waals surface area (Å²) in [6.45, 7) is 0. The molecule has 3 nitrogen and oxygen atoms in total. The highest BCUT2D eigenvalue weighted by atomic mass is 79.9. The summed E-state index contributed by atoms with van der Waals surface area (Å²) in [5, 5.41) is 7.81. The van der Waals surface area contributed by atoms with E-state index in [4.69, 9.17) is 0 Å². The van der Waals surface area contributed by atoms with Crippen molar-refractivity contribution in [2.75, 3.05) is 7.05 Å². The molecular weight excluding hydrogens is 230 g/mol. The zero-order valence-corrected chi connectivity index (χ0v) is 9.56. The van der Waals surface area contributed by atoms with E-state index in [1.54, 1.807) is 0 Å². The Morgan fingerprint density at radius 3 is 3.08 bits per heavy atom. The maximum absolute atomic E-state index is 4.48. The molecular formula is C9H14BrN3. The summed E-state index contributed by atoms with van der Waals surface area (Å²) in [7, 11) is 3.99. The van der Waals surface area contributed by atoms with Gasteiger partial charge in [0.05, 0.1) is 5.69 Å². The monoisotopic (exact) mass is 243 g/mol. The van der Waals surface area contributed by atoms with E-state index < -0.39 is 0 Å². The third kappa shape index (κ3) is 1.42. The highest BCUT2D eigenvalue weighted by molar-refractivity contribution is 9.10. The van der Waals surface area contributed by atoms with Crippen LogP contribution in [0.5, 0.6) is 0 Å². The van der Waals surface area contributed by atoms with Crippen LogP contribution in [0.15, 0.2) is 4.60 Å². The molecule has 0 spiro atoms. The van der Waals surface area contributed by atoms with Crippen molar-refractivity contribution in [1.29, 1.82) is 0 Å². The van der Waals surface area contributed by atoms with Crippen molar-refractivity contribution in [3.8, 4) is 0 Å². The Bertz CT molecular complexity index is 319. The Morgan fingerprint density at radius 1 is 1.62 bits per heavy atom. The van der Waals surface area contributed by atoms with Gasteiger partial charge in [-0.05, 0) is 42.2 Å². The van der Waals surface area contributed by atoms with Crippen molar-refractivity contribution in [2.45, 2.75) is 25.3 Å². The van der Waals surface area contributed by atoms with Gasteiger partial charge in [-0.2, -0.15) is 5.10 Å². The number of hydrogen-bond donors (Lipinski definition) is 1. The standard InChI is InChI=1S/C9H14BrN3/c1-11-6-4-3-5-7-8(6)9(10)13(2)12-7/h6,11H,3-5H2,1-2H3. The second-order valence-corrected chi connectivity index (χ2v) is 4.26. The third-order valence-electron chi connectivity index (χ3n) is 2.69. The van der Waals surface area contributed by atoms with Gasteiger partial charge in [0.2, 0.25) is 0 Å². The highest BCUT2D eigenvalue weighted by Gasteiger charge is 2.25. The molecule has 0 aliphatic heterocycles. The number of fused-ring (bicyclic) bond motifs is 1. The van der Waals surface area contributed by atoms with Gasteiger partial charge in [-0.1, -0.05) is 0 Å². The van der Waals surface area contributed by atoms with Crippen LogP contribution < -0.4 is 5.32 Å². The topological polar surface area (TPSA) is 29.9 Å². The number of aryl methyl sites for hydroxylation is 2. The smallest absolute Gasteiger partial charge is 0.108 e. The van der Waals surface area contributed by atoms with Gasteiger partial charge in [0.15, 0.2) is 0 Å². The normalized spacial score (nSPS) is 21.6. The average molecular weight is 244 g/mol.